The lowest BCUT2D eigenvalue weighted by molar-refractivity contribution is 0.607. The lowest BCUT2D eigenvalue weighted by Crippen LogP contribution is -1.94. The SMILES string of the molecule is CCCCCCCCc1ccc(-c2ccc(-c3ncc(CCCCCC)cn3)cn2)cc1. The Bertz CT molecular complexity index is 883. The fourth-order valence-corrected chi connectivity index (χ4v) is 4.04. The average Bonchev–Trinajstić information content (AvgIpc) is 2.85. The monoisotopic (exact) mass is 429 g/mol. The smallest absolute Gasteiger partial charge is 0.160 e. The van der Waals surface area contributed by atoms with Crippen LogP contribution in [-0.4, -0.2) is 15.0 Å². The summed E-state index contributed by atoms with van der Waals surface area (Å²) >= 11 is 0. The molecule has 2 aromatic heterocycles. The summed E-state index contributed by atoms with van der Waals surface area (Å²) in [6.45, 7) is 4.51. The number of unbranched alkanes of at least 4 members (excludes halogenated alkanes) is 8. The second kappa shape index (κ2) is 13.8. The molecule has 0 unspecified atom stereocenters. The molecule has 0 N–H and O–H groups in total. The molecule has 0 amide bonds. The molecule has 170 valence electrons. The van der Waals surface area contributed by atoms with Gasteiger partial charge in [-0.15, -0.1) is 0 Å². The van der Waals surface area contributed by atoms with E-state index < -0.39 is 0 Å². The molecule has 0 bridgehead atoms. The number of hydrogen-bond acceptors (Lipinski definition) is 3. The normalized spacial score (nSPS) is 11.1. The molecule has 3 rings (SSSR count). The van der Waals surface area contributed by atoms with Gasteiger partial charge in [0.2, 0.25) is 0 Å². The molecule has 0 atom stereocenters. The molecule has 3 nitrogen and oxygen atoms in total. The van der Waals surface area contributed by atoms with Gasteiger partial charge in [0.15, 0.2) is 5.82 Å². The molecule has 0 aliphatic rings. The molecule has 1 aromatic carbocycles. The molecule has 0 radical (unpaired) electrons. The van der Waals surface area contributed by atoms with Gasteiger partial charge in [0, 0.05) is 29.7 Å². The zero-order chi connectivity index (χ0) is 22.4. The molecule has 0 spiro atoms. The summed E-state index contributed by atoms with van der Waals surface area (Å²) in [5.74, 6) is 0.746. The fourth-order valence-electron chi connectivity index (χ4n) is 4.04. The third-order valence-corrected chi connectivity index (χ3v) is 6.11. The van der Waals surface area contributed by atoms with Gasteiger partial charge in [-0.1, -0.05) is 89.5 Å². The molecule has 0 fully saturated rings. The number of benzene rings is 1. The van der Waals surface area contributed by atoms with Gasteiger partial charge in [0.05, 0.1) is 5.69 Å². The Kier molecular flexibility index (Phi) is 10.4. The first-order chi connectivity index (χ1) is 15.8. The minimum atomic E-state index is 0.746. The topological polar surface area (TPSA) is 38.7 Å². The highest BCUT2D eigenvalue weighted by atomic mass is 14.9. The Balaban J connectivity index is 1.50. The van der Waals surface area contributed by atoms with E-state index in [4.69, 9.17) is 0 Å². The van der Waals surface area contributed by atoms with Crippen molar-refractivity contribution in [2.45, 2.75) is 90.9 Å². The zero-order valence-electron chi connectivity index (χ0n) is 20.0. The first-order valence-corrected chi connectivity index (χ1v) is 12.7. The summed E-state index contributed by atoms with van der Waals surface area (Å²) in [5, 5.41) is 0. The van der Waals surface area contributed by atoms with Crippen molar-refractivity contribution in [1.82, 2.24) is 15.0 Å². The number of hydrogen-bond donors (Lipinski definition) is 0. The van der Waals surface area contributed by atoms with Gasteiger partial charge in [-0.05, 0) is 48.9 Å². The van der Waals surface area contributed by atoms with Crippen LogP contribution in [0, 0.1) is 0 Å². The van der Waals surface area contributed by atoms with Crippen molar-refractivity contribution in [3.05, 3.63) is 66.1 Å². The van der Waals surface area contributed by atoms with Crippen LogP contribution in [0.4, 0.5) is 0 Å². The highest BCUT2D eigenvalue weighted by Crippen LogP contribution is 2.22. The number of rotatable bonds is 14. The summed E-state index contributed by atoms with van der Waals surface area (Å²) in [6.07, 6.45) is 21.2. The van der Waals surface area contributed by atoms with Gasteiger partial charge < -0.3 is 0 Å². The van der Waals surface area contributed by atoms with E-state index in [9.17, 15) is 0 Å². The van der Waals surface area contributed by atoms with Crippen LogP contribution in [0.15, 0.2) is 55.0 Å². The Morgan fingerprint density at radius 3 is 1.69 bits per heavy atom. The summed E-state index contributed by atoms with van der Waals surface area (Å²) in [6, 6.07) is 13.0. The van der Waals surface area contributed by atoms with Crippen LogP contribution in [0.2, 0.25) is 0 Å². The van der Waals surface area contributed by atoms with E-state index in [1.807, 2.05) is 18.6 Å². The third kappa shape index (κ3) is 7.85. The van der Waals surface area contributed by atoms with Crippen LogP contribution >= 0.6 is 0 Å². The fraction of sp³-hybridized carbons (Fsp3) is 0.483. The van der Waals surface area contributed by atoms with Crippen molar-refractivity contribution < 1.29 is 0 Å². The first kappa shape index (κ1) is 24.1. The van der Waals surface area contributed by atoms with Crippen molar-refractivity contribution in [3.8, 4) is 22.6 Å². The van der Waals surface area contributed by atoms with Crippen LogP contribution in [0.3, 0.4) is 0 Å². The van der Waals surface area contributed by atoms with E-state index in [1.54, 1.807) is 0 Å². The molecule has 3 heteroatoms. The predicted octanol–water partition coefficient (Wildman–Crippen LogP) is 8.23. The van der Waals surface area contributed by atoms with E-state index in [1.165, 1.54) is 81.8 Å². The van der Waals surface area contributed by atoms with Gasteiger partial charge >= 0.3 is 0 Å². The Morgan fingerprint density at radius 2 is 1.06 bits per heavy atom. The van der Waals surface area contributed by atoms with Crippen LogP contribution in [0.25, 0.3) is 22.6 Å². The molecular formula is C29H39N3. The van der Waals surface area contributed by atoms with Crippen molar-refractivity contribution in [2.75, 3.05) is 0 Å². The van der Waals surface area contributed by atoms with E-state index in [-0.39, 0.29) is 0 Å². The quantitative estimate of drug-likeness (QED) is 0.242. The summed E-state index contributed by atoms with van der Waals surface area (Å²) in [5.41, 5.74) is 5.75. The van der Waals surface area contributed by atoms with Gasteiger partial charge in [-0.25, -0.2) is 9.97 Å². The number of nitrogens with zero attached hydrogens (tertiary/aromatic N) is 3. The average molecular weight is 430 g/mol. The van der Waals surface area contributed by atoms with Crippen molar-refractivity contribution in [2.24, 2.45) is 0 Å². The highest BCUT2D eigenvalue weighted by Gasteiger charge is 2.05. The predicted molar refractivity (Wildman–Crippen MR) is 136 cm³/mol. The van der Waals surface area contributed by atoms with Crippen molar-refractivity contribution in [1.29, 1.82) is 0 Å². The minimum absolute atomic E-state index is 0.746. The minimum Gasteiger partial charge on any atom is -0.255 e. The van der Waals surface area contributed by atoms with Crippen LogP contribution < -0.4 is 0 Å². The van der Waals surface area contributed by atoms with Gasteiger partial charge in [0.25, 0.3) is 0 Å². The number of aryl methyl sites for hydroxylation is 2. The maximum atomic E-state index is 4.67. The summed E-state index contributed by atoms with van der Waals surface area (Å²) in [7, 11) is 0. The third-order valence-electron chi connectivity index (χ3n) is 6.11. The standard InChI is InChI=1S/C29H39N3/c1-3-5-7-9-10-12-13-24-15-17-26(18-16-24)28-20-19-27(23-30-28)29-31-21-25(22-32-29)14-11-8-6-4-2/h15-23H,3-14H2,1-2H3. The Morgan fingerprint density at radius 1 is 0.500 bits per heavy atom. The second-order valence-electron chi connectivity index (χ2n) is 8.87. The van der Waals surface area contributed by atoms with E-state index in [0.29, 0.717) is 0 Å². The molecule has 0 aliphatic heterocycles. The maximum Gasteiger partial charge on any atom is 0.160 e. The van der Waals surface area contributed by atoms with Crippen LogP contribution in [0.1, 0.15) is 89.2 Å². The second-order valence-corrected chi connectivity index (χ2v) is 8.87. The van der Waals surface area contributed by atoms with E-state index >= 15 is 0 Å². The molecule has 0 saturated carbocycles. The van der Waals surface area contributed by atoms with Crippen molar-refractivity contribution in [3.63, 3.8) is 0 Å². The molecule has 0 aliphatic carbocycles. The summed E-state index contributed by atoms with van der Waals surface area (Å²) in [4.78, 5) is 13.8. The number of aromatic nitrogens is 3. The highest BCUT2D eigenvalue weighted by molar-refractivity contribution is 5.63. The number of pyridine rings is 1. The molecule has 3 aromatic rings. The van der Waals surface area contributed by atoms with Gasteiger partial charge in [-0.2, -0.15) is 0 Å². The Hall–Kier alpha value is -2.55. The zero-order valence-corrected chi connectivity index (χ0v) is 20.0. The lowest BCUT2D eigenvalue weighted by atomic mass is 10.0. The van der Waals surface area contributed by atoms with Gasteiger partial charge in [-0.3, -0.25) is 4.98 Å². The van der Waals surface area contributed by atoms with E-state index in [0.717, 1.165) is 29.1 Å². The van der Waals surface area contributed by atoms with Crippen LogP contribution in [-0.2, 0) is 12.8 Å². The first-order valence-electron chi connectivity index (χ1n) is 12.7. The molecule has 2 heterocycles. The maximum absolute atomic E-state index is 4.67. The van der Waals surface area contributed by atoms with E-state index in [2.05, 4.69) is 65.2 Å². The Labute approximate surface area is 194 Å². The molecule has 0 saturated heterocycles. The lowest BCUT2D eigenvalue weighted by Gasteiger charge is -2.06. The van der Waals surface area contributed by atoms with Gasteiger partial charge in [0.1, 0.15) is 0 Å². The summed E-state index contributed by atoms with van der Waals surface area (Å²) < 4.78 is 0. The molecule has 32 heavy (non-hydrogen) atoms. The van der Waals surface area contributed by atoms with Crippen molar-refractivity contribution >= 4 is 0 Å². The molecular weight excluding hydrogens is 390 g/mol. The largest absolute Gasteiger partial charge is 0.255 e. The van der Waals surface area contributed by atoms with Crippen LogP contribution in [0.5, 0.6) is 0 Å².